The highest BCUT2D eigenvalue weighted by Gasteiger charge is 2.27. The third-order valence-electron chi connectivity index (χ3n) is 3.65. The predicted octanol–water partition coefficient (Wildman–Crippen LogP) is 3.19. The molecular formula is C18H12N2O3. The van der Waals surface area contributed by atoms with Crippen molar-refractivity contribution in [3.63, 3.8) is 0 Å². The molecule has 0 fully saturated rings. The zero-order chi connectivity index (χ0) is 15.8. The van der Waals surface area contributed by atoms with Crippen molar-refractivity contribution in [2.24, 2.45) is 0 Å². The third kappa shape index (κ3) is 2.38. The molecule has 0 unspecified atom stereocenters. The highest BCUT2D eigenvalue weighted by atomic mass is 16.5. The number of rotatable bonds is 2. The van der Waals surface area contributed by atoms with E-state index in [0.717, 1.165) is 11.3 Å². The van der Waals surface area contributed by atoms with E-state index in [1.54, 1.807) is 24.7 Å². The number of hydrogen-bond donors (Lipinski definition) is 1. The number of fused-ring (bicyclic) bond motifs is 1. The van der Waals surface area contributed by atoms with Gasteiger partial charge in [-0.25, -0.2) is 4.98 Å². The highest BCUT2D eigenvalue weighted by Crippen LogP contribution is 2.34. The maximum atomic E-state index is 12.3. The minimum absolute atomic E-state index is 0.0717. The second kappa shape index (κ2) is 5.14. The van der Waals surface area contributed by atoms with E-state index >= 15 is 0 Å². The fourth-order valence-corrected chi connectivity index (χ4v) is 2.48. The van der Waals surface area contributed by atoms with Gasteiger partial charge in [-0.05, 0) is 35.9 Å². The van der Waals surface area contributed by atoms with Gasteiger partial charge in [-0.2, -0.15) is 0 Å². The van der Waals surface area contributed by atoms with E-state index in [-0.39, 0.29) is 17.3 Å². The molecule has 1 aromatic heterocycles. The van der Waals surface area contributed by atoms with E-state index in [0.29, 0.717) is 11.3 Å². The summed E-state index contributed by atoms with van der Waals surface area (Å²) in [6.07, 6.45) is 6.99. The van der Waals surface area contributed by atoms with Gasteiger partial charge in [-0.15, -0.1) is 0 Å². The Morgan fingerprint density at radius 3 is 2.70 bits per heavy atom. The molecule has 0 atom stereocenters. The number of ketones is 1. The molecule has 1 aliphatic rings. The number of aromatic nitrogens is 2. The molecule has 4 rings (SSSR count). The number of ether oxygens (including phenoxy) is 1. The van der Waals surface area contributed by atoms with Crippen LogP contribution < -0.4 is 4.74 Å². The highest BCUT2D eigenvalue weighted by molar-refractivity contribution is 6.14. The molecule has 5 nitrogen and oxygen atoms in total. The number of benzene rings is 2. The Hall–Kier alpha value is -3.34. The van der Waals surface area contributed by atoms with Crippen molar-refractivity contribution in [3.8, 4) is 17.2 Å². The van der Waals surface area contributed by atoms with E-state index in [1.165, 1.54) is 12.1 Å². The number of imidazole rings is 1. The van der Waals surface area contributed by atoms with Crippen LogP contribution in [0.4, 0.5) is 0 Å². The summed E-state index contributed by atoms with van der Waals surface area (Å²) >= 11 is 0. The van der Waals surface area contributed by atoms with Gasteiger partial charge in [0, 0.05) is 24.1 Å². The van der Waals surface area contributed by atoms with Crippen LogP contribution in [0.25, 0.3) is 11.8 Å². The van der Waals surface area contributed by atoms with Crippen molar-refractivity contribution in [1.29, 1.82) is 0 Å². The molecule has 1 N–H and O–H groups in total. The molecule has 2 aromatic carbocycles. The predicted molar refractivity (Wildman–Crippen MR) is 84.6 cm³/mol. The maximum absolute atomic E-state index is 12.3. The Morgan fingerprint density at radius 2 is 1.96 bits per heavy atom. The first kappa shape index (κ1) is 13.3. The second-order valence-corrected chi connectivity index (χ2v) is 5.18. The lowest BCUT2D eigenvalue weighted by molar-refractivity contribution is 0.101. The van der Waals surface area contributed by atoms with Crippen LogP contribution in [0.2, 0.25) is 0 Å². The lowest BCUT2D eigenvalue weighted by atomic mass is 10.1. The molecule has 0 spiro atoms. The fraction of sp³-hybridized carbons (Fsp3) is 0. The van der Waals surface area contributed by atoms with Crippen molar-refractivity contribution in [3.05, 3.63) is 78.1 Å². The first-order valence-electron chi connectivity index (χ1n) is 7.06. The summed E-state index contributed by atoms with van der Waals surface area (Å²) in [4.78, 5) is 16.3. The summed E-state index contributed by atoms with van der Waals surface area (Å²) in [5, 5.41) is 9.46. The summed E-state index contributed by atoms with van der Waals surface area (Å²) in [6.45, 7) is 0. The SMILES string of the molecule is O=C1C(=Cc2ccc(-n3ccnc3)cc2)Oc2cc(O)ccc21. The Labute approximate surface area is 132 Å². The molecule has 0 saturated carbocycles. The van der Waals surface area contributed by atoms with Crippen molar-refractivity contribution in [2.45, 2.75) is 0 Å². The minimum Gasteiger partial charge on any atom is -0.508 e. The monoisotopic (exact) mass is 304 g/mol. The molecule has 0 radical (unpaired) electrons. The Kier molecular flexibility index (Phi) is 2.98. The molecular weight excluding hydrogens is 292 g/mol. The molecule has 2 heterocycles. The molecule has 5 heteroatoms. The zero-order valence-electron chi connectivity index (χ0n) is 12.0. The average Bonchev–Trinajstić information content (AvgIpc) is 3.18. The lowest BCUT2D eigenvalue weighted by Gasteiger charge is -2.03. The summed E-state index contributed by atoms with van der Waals surface area (Å²) in [5.41, 5.74) is 2.30. The number of carbonyl (C=O) groups is 1. The molecule has 23 heavy (non-hydrogen) atoms. The molecule has 0 amide bonds. The summed E-state index contributed by atoms with van der Waals surface area (Å²) in [6, 6.07) is 12.2. The van der Waals surface area contributed by atoms with Gasteiger partial charge in [0.25, 0.3) is 0 Å². The van der Waals surface area contributed by atoms with Gasteiger partial charge in [0.2, 0.25) is 5.78 Å². The fourth-order valence-electron chi connectivity index (χ4n) is 2.48. The average molecular weight is 304 g/mol. The normalized spacial score (nSPS) is 14.8. The van der Waals surface area contributed by atoms with E-state index in [1.807, 2.05) is 35.0 Å². The largest absolute Gasteiger partial charge is 0.508 e. The standard InChI is InChI=1S/C18H12N2O3/c21-14-5-6-15-16(10-14)23-17(18(15)22)9-12-1-3-13(4-2-12)20-8-7-19-11-20/h1-11,21H. The summed E-state index contributed by atoms with van der Waals surface area (Å²) < 4.78 is 7.44. The van der Waals surface area contributed by atoms with Gasteiger partial charge in [-0.1, -0.05) is 12.1 Å². The molecule has 3 aromatic rings. The number of carbonyl (C=O) groups excluding carboxylic acids is 1. The molecule has 0 bridgehead atoms. The smallest absolute Gasteiger partial charge is 0.231 e. The molecule has 112 valence electrons. The zero-order valence-corrected chi connectivity index (χ0v) is 12.0. The number of aromatic hydroxyl groups is 1. The first-order chi connectivity index (χ1) is 11.2. The number of phenols is 1. The number of phenolic OH excluding ortho intramolecular Hbond substituents is 1. The molecule has 0 aliphatic carbocycles. The van der Waals surface area contributed by atoms with Crippen LogP contribution in [0, 0.1) is 0 Å². The van der Waals surface area contributed by atoms with Crippen molar-refractivity contribution >= 4 is 11.9 Å². The number of nitrogens with zero attached hydrogens (tertiary/aromatic N) is 2. The number of Topliss-reactive ketones (excluding diaryl/α,β-unsaturated/α-hetero) is 1. The maximum Gasteiger partial charge on any atom is 0.231 e. The van der Waals surface area contributed by atoms with Crippen LogP contribution in [0.5, 0.6) is 11.5 Å². The van der Waals surface area contributed by atoms with Crippen LogP contribution in [-0.4, -0.2) is 20.4 Å². The van der Waals surface area contributed by atoms with Crippen molar-refractivity contribution in [2.75, 3.05) is 0 Å². The lowest BCUT2D eigenvalue weighted by Crippen LogP contribution is -1.98. The van der Waals surface area contributed by atoms with Crippen molar-refractivity contribution < 1.29 is 14.6 Å². The van der Waals surface area contributed by atoms with E-state index in [4.69, 9.17) is 4.74 Å². The van der Waals surface area contributed by atoms with Crippen molar-refractivity contribution in [1.82, 2.24) is 9.55 Å². The van der Waals surface area contributed by atoms with E-state index in [9.17, 15) is 9.90 Å². The van der Waals surface area contributed by atoms with Crippen LogP contribution in [0.1, 0.15) is 15.9 Å². The Balaban J connectivity index is 1.63. The van der Waals surface area contributed by atoms with Gasteiger partial charge in [-0.3, -0.25) is 4.79 Å². The Bertz CT molecular complexity index is 910. The minimum atomic E-state index is -0.182. The molecule has 0 saturated heterocycles. The Morgan fingerprint density at radius 1 is 1.13 bits per heavy atom. The van der Waals surface area contributed by atoms with Gasteiger partial charge < -0.3 is 14.4 Å². The number of hydrogen-bond acceptors (Lipinski definition) is 4. The van der Waals surface area contributed by atoms with Crippen LogP contribution >= 0.6 is 0 Å². The van der Waals surface area contributed by atoms with Crippen LogP contribution in [0.15, 0.2) is 66.9 Å². The van der Waals surface area contributed by atoms with Gasteiger partial charge in [0.05, 0.1) is 11.9 Å². The quantitative estimate of drug-likeness (QED) is 0.738. The van der Waals surface area contributed by atoms with E-state index in [2.05, 4.69) is 4.98 Å². The molecule has 1 aliphatic heterocycles. The van der Waals surface area contributed by atoms with Gasteiger partial charge in [0.1, 0.15) is 11.5 Å². The van der Waals surface area contributed by atoms with Crippen LogP contribution in [-0.2, 0) is 0 Å². The number of allylic oxidation sites excluding steroid dienone is 1. The summed E-state index contributed by atoms with van der Waals surface area (Å²) in [7, 11) is 0. The van der Waals surface area contributed by atoms with Gasteiger partial charge in [0.15, 0.2) is 5.76 Å². The van der Waals surface area contributed by atoms with Crippen LogP contribution in [0.3, 0.4) is 0 Å². The topological polar surface area (TPSA) is 64.4 Å². The first-order valence-corrected chi connectivity index (χ1v) is 7.06. The van der Waals surface area contributed by atoms with Gasteiger partial charge >= 0.3 is 0 Å². The van der Waals surface area contributed by atoms with E-state index < -0.39 is 0 Å². The summed E-state index contributed by atoms with van der Waals surface area (Å²) in [5.74, 6) is 0.526. The third-order valence-corrected chi connectivity index (χ3v) is 3.65. The second-order valence-electron chi connectivity index (χ2n) is 5.18.